The lowest BCUT2D eigenvalue weighted by Gasteiger charge is -2.26. The Morgan fingerprint density at radius 1 is 1.60 bits per heavy atom. The average Bonchev–Trinajstić information content (AvgIpc) is 2.05. The number of hydrogen-bond donors (Lipinski definition) is 1. The molecule has 0 aliphatic carbocycles. The van der Waals surface area contributed by atoms with Gasteiger partial charge in [0.25, 0.3) is 0 Å². The quantitative estimate of drug-likeness (QED) is 0.508. The summed E-state index contributed by atoms with van der Waals surface area (Å²) in [5.41, 5.74) is 0. The minimum atomic E-state index is -0.154. The molecule has 2 aliphatic rings. The number of rotatable bonds is 0. The summed E-state index contributed by atoms with van der Waals surface area (Å²) >= 11 is 0. The first-order valence-corrected chi connectivity index (χ1v) is 3.20. The van der Waals surface area contributed by atoms with E-state index in [1.165, 1.54) is 0 Å². The fraction of sp³-hybridized carbons (Fsp3) is 0.500. The standard InChI is InChI=1S/C6H8N2O2/c1-2-8-6-5(7-1)9-3-4-10-6/h1-2,5,7H,3-4H2. The van der Waals surface area contributed by atoms with Gasteiger partial charge in [0.2, 0.25) is 12.1 Å². The molecule has 2 heterocycles. The van der Waals surface area contributed by atoms with Gasteiger partial charge in [-0.3, -0.25) is 0 Å². The summed E-state index contributed by atoms with van der Waals surface area (Å²) in [6.45, 7) is 1.23. The van der Waals surface area contributed by atoms with Gasteiger partial charge in [-0.1, -0.05) is 0 Å². The van der Waals surface area contributed by atoms with Crippen molar-refractivity contribution in [2.24, 2.45) is 4.99 Å². The van der Waals surface area contributed by atoms with Gasteiger partial charge in [-0.05, 0) is 0 Å². The molecule has 1 N–H and O–H groups in total. The van der Waals surface area contributed by atoms with Gasteiger partial charge in [-0.25, -0.2) is 4.99 Å². The molecule has 0 radical (unpaired) electrons. The maximum Gasteiger partial charge on any atom is 0.239 e. The summed E-state index contributed by atoms with van der Waals surface area (Å²) in [4.78, 5) is 3.98. The molecule has 0 aromatic rings. The van der Waals surface area contributed by atoms with Crippen LogP contribution in [0.3, 0.4) is 0 Å². The van der Waals surface area contributed by atoms with E-state index in [1.54, 1.807) is 12.4 Å². The van der Waals surface area contributed by atoms with Crippen LogP contribution in [0.2, 0.25) is 0 Å². The van der Waals surface area contributed by atoms with Crippen LogP contribution in [0.4, 0.5) is 0 Å². The molecule has 0 bridgehead atoms. The highest BCUT2D eigenvalue weighted by Crippen LogP contribution is 2.04. The Bertz CT molecular complexity index is 188. The zero-order valence-electron chi connectivity index (χ0n) is 5.41. The van der Waals surface area contributed by atoms with E-state index >= 15 is 0 Å². The average molecular weight is 140 g/mol. The van der Waals surface area contributed by atoms with Gasteiger partial charge < -0.3 is 14.8 Å². The molecule has 54 valence electrons. The highest BCUT2D eigenvalue weighted by molar-refractivity contribution is 5.82. The van der Waals surface area contributed by atoms with Crippen molar-refractivity contribution in [3.05, 3.63) is 12.4 Å². The van der Waals surface area contributed by atoms with E-state index in [0.717, 1.165) is 0 Å². The molecule has 1 fully saturated rings. The van der Waals surface area contributed by atoms with Crippen LogP contribution >= 0.6 is 0 Å². The van der Waals surface area contributed by atoms with Crippen LogP contribution in [0.15, 0.2) is 17.4 Å². The van der Waals surface area contributed by atoms with Crippen molar-refractivity contribution in [1.29, 1.82) is 0 Å². The third-order valence-corrected chi connectivity index (χ3v) is 1.37. The maximum atomic E-state index is 5.26. The molecular formula is C6H8N2O2. The van der Waals surface area contributed by atoms with Crippen LogP contribution in [-0.2, 0) is 9.47 Å². The molecule has 1 atom stereocenters. The molecular weight excluding hydrogens is 132 g/mol. The van der Waals surface area contributed by atoms with E-state index in [9.17, 15) is 0 Å². The zero-order chi connectivity index (χ0) is 6.81. The Kier molecular flexibility index (Phi) is 1.32. The number of nitrogens with one attached hydrogen (secondary N) is 1. The van der Waals surface area contributed by atoms with E-state index in [1.807, 2.05) is 0 Å². The first-order chi connectivity index (χ1) is 4.97. The van der Waals surface area contributed by atoms with Gasteiger partial charge in [0.1, 0.15) is 6.61 Å². The minimum Gasteiger partial charge on any atom is -0.475 e. The van der Waals surface area contributed by atoms with Crippen LogP contribution in [0, 0.1) is 0 Å². The number of ether oxygens (including phenoxy) is 2. The van der Waals surface area contributed by atoms with Gasteiger partial charge >= 0.3 is 0 Å². The van der Waals surface area contributed by atoms with E-state index < -0.39 is 0 Å². The van der Waals surface area contributed by atoms with Crippen LogP contribution in [0.25, 0.3) is 0 Å². The second-order valence-electron chi connectivity index (χ2n) is 2.05. The molecule has 0 aromatic carbocycles. The van der Waals surface area contributed by atoms with Gasteiger partial charge in [-0.2, -0.15) is 0 Å². The summed E-state index contributed by atoms with van der Waals surface area (Å²) in [6.07, 6.45) is 3.24. The largest absolute Gasteiger partial charge is 0.475 e. The molecule has 0 aromatic heterocycles. The Hall–Kier alpha value is -1.03. The van der Waals surface area contributed by atoms with Crippen molar-refractivity contribution in [2.75, 3.05) is 13.2 Å². The fourth-order valence-corrected chi connectivity index (χ4v) is 0.925. The van der Waals surface area contributed by atoms with Gasteiger partial charge in [0.05, 0.1) is 6.61 Å². The molecule has 1 saturated heterocycles. The Morgan fingerprint density at radius 2 is 2.60 bits per heavy atom. The molecule has 4 nitrogen and oxygen atoms in total. The fourth-order valence-electron chi connectivity index (χ4n) is 0.925. The number of fused-ring (bicyclic) bond motifs is 1. The van der Waals surface area contributed by atoms with Crippen LogP contribution < -0.4 is 5.32 Å². The summed E-state index contributed by atoms with van der Waals surface area (Å²) in [5, 5.41) is 2.96. The lowest BCUT2D eigenvalue weighted by atomic mass is 10.4. The first-order valence-electron chi connectivity index (χ1n) is 3.20. The predicted molar refractivity (Wildman–Crippen MR) is 35.4 cm³/mol. The second-order valence-corrected chi connectivity index (χ2v) is 2.05. The molecule has 2 aliphatic heterocycles. The van der Waals surface area contributed by atoms with Gasteiger partial charge in [0, 0.05) is 12.4 Å². The summed E-state index contributed by atoms with van der Waals surface area (Å²) < 4.78 is 10.5. The third-order valence-electron chi connectivity index (χ3n) is 1.37. The predicted octanol–water partition coefficient (Wildman–Crippen LogP) is -0.168. The molecule has 0 saturated carbocycles. The van der Waals surface area contributed by atoms with Crippen molar-refractivity contribution < 1.29 is 9.47 Å². The molecule has 4 heteroatoms. The van der Waals surface area contributed by atoms with Crippen molar-refractivity contribution in [2.45, 2.75) is 6.23 Å². The minimum absolute atomic E-state index is 0.154. The monoisotopic (exact) mass is 140 g/mol. The van der Waals surface area contributed by atoms with Crippen molar-refractivity contribution >= 4 is 5.90 Å². The second kappa shape index (κ2) is 2.30. The van der Waals surface area contributed by atoms with Crippen molar-refractivity contribution in [3.63, 3.8) is 0 Å². The van der Waals surface area contributed by atoms with Crippen LogP contribution in [-0.4, -0.2) is 25.3 Å². The van der Waals surface area contributed by atoms with E-state index in [0.29, 0.717) is 19.1 Å². The van der Waals surface area contributed by atoms with E-state index in [-0.39, 0.29) is 6.23 Å². The number of aliphatic imine (C=N–C) groups is 1. The lowest BCUT2D eigenvalue weighted by Crippen LogP contribution is -2.43. The van der Waals surface area contributed by atoms with Crippen molar-refractivity contribution in [1.82, 2.24) is 5.32 Å². The van der Waals surface area contributed by atoms with E-state index in [4.69, 9.17) is 9.47 Å². The Morgan fingerprint density at radius 3 is 3.50 bits per heavy atom. The van der Waals surface area contributed by atoms with E-state index in [2.05, 4.69) is 10.3 Å². The van der Waals surface area contributed by atoms with Crippen LogP contribution in [0.5, 0.6) is 0 Å². The Labute approximate surface area is 58.5 Å². The molecule has 0 amide bonds. The highest BCUT2D eigenvalue weighted by Gasteiger charge is 2.22. The third kappa shape index (κ3) is 0.863. The normalized spacial score (nSPS) is 29.6. The number of nitrogens with zero attached hydrogens (tertiary/aromatic N) is 1. The molecule has 10 heavy (non-hydrogen) atoms. The topological polar surface area (TPSA) is 42.8 Å². The Balaban J connectivity index is 2.14. The molecule has 0 spiro atoms. The zero-order valence-corrected chi connectivity index (χ0v) is 5.41. The van der Waals surface area contributed by atoms with Crippen LogP contribution in [0.1, 0.15) is 0 Å². The summed E-state index contributed by atoms with van der Waals surface area (Å²) in [5.74, 6) is 0.633. The number of hydrogen-bond acceptors (Lipinski definition) is 4. The smallest absolute Gasteiger partial charge is 0.239 e. The first kappa shape index (κ1) is 5.73. The van der Waals surface area contributed by atoms with Crippen molar-refractivity contribution in [3.8, 4) is 0 Å². The summed E-state index contributed by atoms with van der Waals surface area (Å²) in [7, 11) is 0. The SMILES string of the molecule is C1=CNC2OCCOC2=N1. The maximum absolute atomic E-state index is 5.26. The highest BCUT2D eigenvalue weighted by atomic mass is 16.6. The molecule has 2 rings (SSSR count). The molecule has 1 unspecified atom stereocenters. The van der Waals surface area contributed by atoms with Gasteiger partial charge in [0.15, 0.2) is 0 Å². The lowest BCUT2D eigenvalue weighted by molar-refractivity contribution is 0.00443. The summed E-state index contributed by atoms with van der Waals surface area (Å²) in [6, 6.07) is 0. The van der Waals surface area contributed by atoms with Gasteiger partial charge in [-0.15, -0.1) is 0 Å².